The Morgan fingerprint density at radius 2 is 1.96 bits per heavy atom. The Bertz CT molecular complexity index is 916. The minimum absolute atomic E-state index is 0.0404. The van der Waals surface area contributed by atoms with Crippen molar-refractivity contribution in [2.75, 3.05) is 5.43 Å². The molecule has 3 aromatic rings. The number of anilines is 1. The van der Waals surface area contributed by atoms with Gasteiger partial charge < -0.3 is 4.57 Å². The van der Waals surface area contributed by atoms with Crippen molar-refractivity contribution < 1.29 is 4.92 Å². The zero-order valence-electron chi connectivity index (χ0n) is 12.9. The molecule has 24 heavy (non-hydrogen) atoms. The molecule has 0 aliphatic carbocycles. The van der Waals surface area contributed by atoms with Gasteiger partial charge in [0.1, 0.15) is 5.15 Å². The monoisotopic (exact) mass is 342 g/mol. The molecule has 0 aliphatic rings. The number of nitrogens with one attached hydrogen (secondary N) is 1. The summed E-state index contributed by atoms with van der Waals surface area (Å²) in [5.41, 5.74) is 5.45. The number of aromatic nitrogens is 1. The Morgan fingerprint density at radius 1 is 1.25 bits per heavy atom. The summed E-state index contributed by atoms with van der Waals surface area (Å²) in [4.78, 5) is 10.2. The van der Waals surface area contributed by atoms with Gasteiger partial charge in [-0.25, -0.2) is 0 Å². The van der Waals surface area contributed by atoms with Gasteiger partial charge in [-0.3, -0.25) is 15.5 Å². The summed E-state index contributed by atoms with van der Waals surface area (Å²) in [5.74, 6) is 0. The molecule has 122 valence electrons. The van der Waals surface area contributed by atoms with Crippen LogP contribution in [0.2, 0.25) is 5.15 Å². The summed E-state index contributed by atoms with van der Waals surface area (Å²) in [6.45, 7) is 2.80. The van der Waals surface area contributed by atoms with Crippen LogP contribution in [0.4, 0.5) is 11.4 Å². The third-order valence-corrected chi connectivity index (χ3v) is 4.13. The van der Waals surface area contributed by atoms with Gasteiger partial charge in [-0.05, 0) is 25.1 Å². The lowest BCUT2D eigenvalue weighted by Gasteiger charge is -2.01. The quantitative estimate of drug-likeness (QED) is 0.416. The predicted molar refractivity (Wildman–Crippen MR) is 96.9 cm³/mol. The maximum atomic E-state index is 10.6. The van der Waals surface area contributed by atoms with Crippen LogP contribution < -0.4 is 5.43 Å². The molecule has 0 aliphatic heterocycles. The van der Waals surface area contributed by atoms with Gasteiger partial charge in [-0.2, -0.15) is 5.10 Å². The number of hydrogen-bond acceptors (Lipinski definition) is 4. The van der Waals surface area contributed by atoms with Crippen molar-refractivity contribution in [3.8, 4) is 0 Å². The molecular formula is C17H15ClN4O2. The van der Waals surface area contributed by atoms with Crippen molar-refractivity contribution in [1.82, 2.24) is 4.57 Å². The van der Waals surface area contributed by atoms with E-state index in [0.717, 1.165) is 23.0 Å². The van der Waals surface area contributed by atoms with Crippen LogP contribution in [0.5, 0.6) is 0 Å². The molecule has 7 heteroatoms. The van der Waals surface area contributed by atoms with Crippen molar-refractivity contribution >= 4 is 40.1 Å². The maximum Gasteiger partial charge on any atom is 0.269 e. The molecule has 0 amide bonds. The highest BCUT2D eigenvalue weighted by Gasteiger charge is 2.12. The van der Waals surface area contributed by atoms with Crippen molar-refractivity contribution in [1.29, 1.82) is 0 Å². The van der Waals surface area contributed by atoms with Crippen molar-refractivity contribution in [2.24, 2.45) is 5.10 Å². The zero-order valence-corrected chi connectivity index (χ0v) is 13.7. The molecule has 0 saturated heterocycles. The molecule has 3 rings (SSSR count). The van der Waals surface area contributed by atoms with Crippen LogP contribution in [-0.4, -0.2) is 15.7 Å². The van der Waals surface area contributed by atoms with Crippen LogP contribution in [-0.2, 0) is 6.54 Å². The van der Waals surface area contributed by atoms with E-state index >= 15 is 0 Å². The molecule has 6 nitrogen and oxygen atoms in total. The first-order valence-electron chi connectivity index (χ1n) is 7.42. The van der Waals surface area contributed by atoms with Gasteiger partial charge in [0.2, 0.25) is 0 Å². The normalized spacial score (nSPS) is 11.2. The van der Waals surface area contributed by atoms with Crippen LogP contribution in [0.1, 0.15) is 12.5 Å². The number of non-ortho nitro benzene ring substituents is 1. The number of benzene rings is 2. The first-order chi connectivity index (χ1) is 11.6. The number of nitro groups is 1. The summed E-state index contributed by atoms with van der Waals surface area (Å²) < 4.78 is 2.02. The predicted octanol–water partition coefficient (Wildman–Crippen LogP) is 4.67. The molecule has 2 aromatic carbocycles. The number of nitro benzene ring substituents is 1. The maximum absolute atomic E-state index is 10.6. The topological polar surface area (TPSA) is 72.5 Å². The average Bonchev–Trinajstić information content (AvgIpc) is 2.87. The molecule has 0 saturated carbocycles. The Labute approximate surface area is 143 Å². The second kappa shape index (κ2) is 6.72. The third kappa shape index (κ3) is 2.96. The fraction of sp³-hybridized carbons (Fsp3) is 0.118. The first-order valence-corrected chi connectivity index (χ1v) is 7.80. The standard InChI is InChI=1S/C17H15ClN4O2/c1-2-21-16-6-4-3-5-14(16)15(17(21)18)11-19-20-12-7-9-13(10-8-12)22(23)24/h3-11,20H,2H2,1H3/b19-11-. The molecule has 1 heterocycles. The van der Waals surface area contributed by atoms with E-state index in [4.69, 9.17) is 11.6 Å². The highest BCUT2D eigenvalue weighted by atomic mass is 35.5. The summed E-state index contributed by atoms with van der Waals surface area (Å²) in [5, 5.41) is 16.5. The molecular weight excluding hydrogens is 328 g/mol. The molecule has 1 aromatic heterocycles. The summed E-state index contributed by atoms with van der Waals surface area (Å²) in [6.07, 6.45) is 1.66. The number of hydrazone groups is 1. The number of rotatable bonds is 5. The van der Waals surface area contributed by atoms with Crippen LogP contribution in [0.25, 0.3) is 10.9 Å². The fourth-order valence-corrected chi connectivity index (χ4v) is 2.92. The third-order valence-electron chi connectivity index (χ3n) is 3.73. The molecule has 0 unspecified atom stereocenters. The van der Waals surface area contributed by atoms with Gasteiger partial charge >= 0.3 is 0 Å². The van der Waals surface area contributed by atoms with E-state index in [1.165, 1.54) is 12.1 Å². The van der Waals surface area contributed by atoms with E-state index < -0.39 is 4.92 Å². The summed E-state index contributed by atoms with van der Waals surface area (Å²) in [6, 6.07) is 14.0. The Morgan fingerprint density at radius 3 is 2.62 bits per heavy atom. The average molecular weight is 343 g/mol. The molecule has 0 bridgehead atoms. The van der Waals surface area contributed by atoms with Crippen LogP contribution >= 0.6 is 11.6 Å². The number of aryl methyl sites for hydroxylation is 1. The van der Waals surface area contributed by atoms with Gasteiger partial charge in [0.25, 0.3) is 5.69 Å². The Kier molecular flexibility index (Phi) is 4.48. The molecule has 0 atom stereocenters. The minimum Gasteiger partial charge on any atom is -0.331 e. The van der Waals surface area contributed by atoms with Gasteiger partial charge in [0, 0.05) is 35.1 Å². The molecule has 1 N–H and O–H groups in total. The lowest BCUT2D eigenvalue weighted by molar-refractivity contribution is -0.384. The van der Waals surface area contributed by atoms with Gasteiger partial charge in [0.15, 0.2) is 0 Å². The molecule has 0 spiro atoms. The number of halogens is 1. The van der Waals surface area contributed by atoms with E-state index in [-0.39, 0.29) is 5.69 Å². The highest BCUT2D eigenvalue weighted by Crippen LogP contribution is 2.28. The second-order valence-electron chi connectivity index (χ2n) is 5.14. The first kappa shape index (κ1) is 16.0. The SMILES string of the molecule is CCn1c(Cl)c(/C=N\Nc2ccc([N+](=O)[O-])cc2)c2ccccc21. The highest BCUT2D eigenvalue weighted by molar-refractivity contribution is 6.34. The van der Waals surface area contributed by atoms with Crippen molar-refractivity contribution in [3.05, 3.63) is 69.4 Å². The lowest BCUT2D eigenvalue weighted by atomic mass is 10.2. The van der Waals surface area contributed by atoms with Crippen LogP contribution in [0.15, 0.2) is 53.6 Å². The van der Waals surface area contributed by atoms with E-state index in [1.807, 2.05) is 35.8 Å². The molecule has 0 fully saturated rings. The van der Waals surface area contributed by atoms with Gasteiger partial charge in [-0.15, -0.1) is 0 Å². The lowest BCUT2D eigenvalue weighted by Crippen LogP contribution is -1.94. The summed E-state index contributed by atoms with van der Waals surface area (Å²) in [7, 11) is 0. The van der Waals surface area contributed by atoms with E-state index in [9.17, 15) is 10.1 Å². The number of fused-ring (bicyclic) bond motifs is 1. The Balaban J connectivity index is 1.86. The van der Waals surface area contributed by atoms with Crippen molar-refractivity contribution in [3.63, 3.8) is 0 Å². The van der Waals surface area contributed by atoms with E-state index in [1.54, 1.807) is 18.3 Å². The van der Waals surface area contributed by atoms with Gasteiger partial charge in [0.05, 0.1) is 16.8 Å². The van der Waals surface area contributed by atoms with Crippen LogP contribution in [0.3, 0.4) is 0 Å². The van der Waals surface area contributed by atoms with Crippen LogP contribution in [0, 0.1) is 10.1 Å². The molecule has 0 radical (unpaired) electrons. The number of hydrogen-bond donors (Lipinski definition) is 1. The minimum atomic E-state index is -0.438. The van der Waals surface area contributed by atoms with E-state index in [2.05, 4.69) is 10.5 Å². The second-order valence-corrected chi connectivity index (χ2v) is 5.50. The number of para-hydroxylation sites is 1. The number of nitrogens with zero attached hydrogens (tertiary/aromatic N) is 3. The smallest absolute Gasteiger partial charge is 0.269 e. The largest absolute Gasteiger partial charge is 0.331 e. The fourth-order valence-electron chi connectivity index (χ4n) is 2.56. The van der Waals surface area contributed by atoms with Gasteiger partial charge in [-0.1, -0.05) is 29.8 Å². The van der Waals surface area contributed by atoms with E-state index in [0.29, 0.717) is 10.8 Å². The Hall–Kier alpha value is -2.86. The summed E-state index contributed by atoms with van der Waals surface area (Å²) >= 11 is 6.46. The zero-order chi connectivity index (χ0) is 17.1. The van der Waals surface area contributed by atoms with Crippen molar-refractivity contribution in [2.45, 2.75) is 13.5 Å².